The van der Waals surface area contributed by atoms with Crippen molar-refractivity contribution in [3.05, 3.63) is 28.3 Å². The second kappa shape index (κ2) is 4.49. The van der Waals surface area contributed by atoms with Crippen molar-refractivity contribution in [3.63, 3.8) is 0 Å². The van der Waals surface area contributed by atoms with Crippen molar-refractivity contribution in [2.45, 2.75) is 18.4 Å². The van der Waals surface area contributed by atoms with Crippen molar-refractivity contribution < 1.29 is 13.5 Å². The van der Waals surface area contributed by atoms with Crippen LogP contribution in [0.3, 0.4) is 0 Å². The Labute approximate surface area is 93.9 Å². The van der Waals surface area contributed by atoms with E-state index in [2.05, 4.69) is 4.72 Å². The first-order valence-electron chi connectivity index (χ1n) is 4.26. The molecule has 2 N–H and O–H groups in total. The number of halogens is 1. The summed E-state index contributed by atoms with van der Waals surface area (Å²) in [7, 11) is -2.20. The number of rotatable bonds is 3. The van der Waals surface area contributed by atoms with E-state index in [-0.39, 0.29) is 11.5 Å². The largest absolute Gasteiger partial charge is 0.392 e. The van der Waals surface area contributed by atoms with E-state index in [4.69, 9.17) is 16.7 Å². The van der Waals surface area contributed by atoms with Crippen LogP contribution in [0, 0.1) is 6.92 Å². The summed E-state index contributed by atoms with van der Waals surface area (Å²) in [5, 5.41) is 9.32. The highest BCUT2D eigenvalue weighted by Crippen LogP contribution is 2.24. The third-order valence-electron chi connectivity index (χ3n) is 2.16. The molecule has 15 heavy (non-hydrogen) atoms. The summed E-state index contributed by atoms with van der Waals surface area (Å²) in [4.78, 5) is 0.0987. The quantitative estimate of drug-likeness (QED) is 0.842. The van der Waals surface area contributed by atoms with E-state index in [1.165, 1.54) is 13.1 Å². The van der Waals surface area contributed by atoms with Crippen molar-refractivity contribution >= 4 is 21.6 Å². The van der Waals surface area contributed by atoms with Crippen LogP contribution in [-0.2, 0) is 16.6 Å². The first kappa shape index (κ1) is 12.4. The summed E-state index contributed by atoms with van der Waals surface area (Å²) in [6.45, 7) is 1.39. The van der Waals surface area contributed by atoms with Gasteiger partial charge in [-0.25, -0.2) is 13.1 Å². The monoisotopic (exact) mass is 249 g/mol. The highest BCUT2D eigenvalue weighted by atomic mass is 35.5. The van der Waals surface area contributed by atoms with Crippen molar-refractivity contribution in [2.75, 3.05) is 7.05 Å². The van der Waals surface area contributed by atoms with Gasteiger partial charge in [0.15, 0.2) is 0 Å². The molecule has 0 saturated heterocycles. The molecule has 0 aliphatic rings. The lowest BCUT2D eigenvalue weighted by Gasteiger charge is -2.10. The Balaban J connectivity index is 3.49. The van der Waals surface area contributed by atoms with Crippen molar-refractivity contribution in [1.29, 1.82) is 0 Å². The van der Waals surface area contributed by atoms with E-state index in [1.54, 1.807) is 13.0 Å². The Morgan fingerprint density at radius 3 is 2.53 bits per heavy atom. The van der Waals surface area contributed by atoms with Gasteiger partial charge in [0.25, 0.3) is 0 Å². The average Bonchev–Trinajstić information content (AvgIpc) is 2.20. The van der Waals surface area contributed by atoms with E-state index >= 15 is 0 Å². The minimum Gasteiger partial charge on any atom is -0.392 e. The predicted octanol–water partition coefficient (Wildman–Crippen LogP) is 1.05. The number of aliphatic hydroxyl groups is 1. The Morgan fingerprint density at radius 2 is 2.07 bits per heavy atom. The van der Waals surface area contributed by atoms with Crippen LogP contribution in [0.15, 0.2) is 17.0 Å². The SMILES string of the molecule is CNS(=O)(=O)c1cc(Cl)cc(CO)c1C. The second-order valence-electron chi connectivity index (χ2n) is 3.05. The zero-order valence-corrected chi connectivity index (χ0v) is 9.98. The lowest BCUT2D eigenvalue weighted by molar-refractivity contribution is 0.280. The number of hydrogen-bond donors (Lipinski definition) is 2. The summed E-state index contributed by atoms with van der Waals surface area (Å²) >= 11 is 5.76. The Bertz CT molecular complexity index is 470. The molecule has 1 rings (SSSR count). The zero-order valence-electron chi connectivity index (χ0n) is 8.41. The van der Waals surface area contributed by atoms with Crippen LogP contribution in [0.1, 0.15) is 11.1 Å². The van der Waals surface area contributed by atoms with Gasteiger partial charge in [0.1, 0.15) is 0 Å². The molecule has 6 heteroatoms. The maximum absolute atomic E-state index is 11.6. The van der Waals surface area contributed by atoms with Crippen molar-refractivity contribution in [2.24, 2.45) is 0 Å². The van der Waals surface area contributed by atoms with Gasteiger partial charge in [0.2, 0.25) is 10.0 Å². The molecule has 0 radical (unpaired) electrons. The second-order valence-corrected chi connectivity index (χ2v) is 5.35. The standard InChI is InChI=1S/C9H12ClNO3S/c1-6-7(5-12)3-8(10)4-9(6)15(13,14)11-2/h3-4,11-12H,5H2,1-2H3. The Kier molecular flexibility index (Phi) is 3.72. The summed E-state index contributed by atoms with van der Waals surface area (Å²) in [5.41, 5.74) is 1.02. The molecule has 0 unspecified atom stereocenters. The van der Waals surface area contributed by atoms with E-state index in [1.807, 2.05) is 0 Å². The molecule has 0 aliphatic carbocycles. The fourth-order valence-electron chi connectivity index (χ4n) is 1.26. The molecule has 4 nitrogen and oxygen atoms in total. The highest BCUT2D eigenvalue weighted by molar-refractivity contribution is 7.89. The van der Waals surface area contributed by atoms with Gasteiger partial charge in [-0.15, -0.1) is 0 Å². The van der Waals surface area contributed by atoms with Gasteiger partial charge in [0.05, 0.1) is 11.5 Å². The van der Waals surface area contributed by atoms with Gasteiger partial charge in [-0.05, 0) is 37.2 Å². The number of sulfonamides is 1. The topological polar surface area (TPSA) is 66.4 Å². The highest BCUT2D eigenvalue weighted by Gasteiger charge is 2.17. The molecule has 0 bridgehead atoms. The Morgan fingerprint density at radius 1 is 1.47 bits per heavy atom. The first-order chi connectivity index (χ1) is 6.92. The van der Waals surface area contributed by atoms with Crippen LogP contribution >= 0.6 is 11.6 Å². The molecular formula is C9H12ClNO3S. The van der Waals surface area contributed by atoms with Gasteiger partial charge in [0, 0.05) is 5.02 Å². The third kappa shape index (κ3) is 2.49. The van der Waals surface area contributed by atoms with Gasteiger partial charge in [-0.2, -0.15) is 0 Å². The van der Waals surface area contributed by atoms with Gasteiger partial charge < -0.3 is 5.11 Å². The van der Waals surface area contributed by atoms with Gasteiger partial charge in [-0.1, -0.05) is 11.6 Å². The normalized spacial score (nSPS) is 11.7. The maximum Gasteiger partial charge on any atom is 0.240 e. The first-order valence-corrected chi connectivity index (χ1v) is 6.12. The molecule has 0 saturated carbocycles. The van der Waals surface area contributed by atoms with Crippen molar-refractivity contribution in [3.8, 4) is 0 Å². The maximum atomic E-state index is 11.6. The van der Waals surface area contributed by atoms with Crippen LogP contribution in [0.5, 0.6) is 0 Å². The molecule has 84 valence electrons. The molecular weight excluding hydrogens is 238 g/mol. The third-order valence-corrected chi connectivity index (χ3v) is 3.92. The number of hydrogen-bond acceptors (Lipinski definition) is 3. The molecule has 0 amide bonds. The van der Waals surface area contributed by atoms with Crippen LogP contribution in [0.2, 0.25) is 5.02 Å². The van der Waals surface area contributed by atoms with Crippen LogP contribution in [-0.4, -0.2) is 20.6 Å². The van der Waals surface area contributed by atoms with Gasteiger partial charge >= 0.3 is 0 Å². The molecule has 0 atom stereocenters. The van der Waals surface area contributed by atoms with Crippen LogP contribution < -0.4 is 4.72 Å². The lowest BCUT2D eigenvalue weighted by atomic mass is 10.1. The zero-order chi connectivity index (χ0) is 11.6. The summed E-state index contributed by atoms with van der Waals surface area (Å²) in [5.74, 6) is 0. The number of aliphatic hydroxyl groups excluding tert-OH is 1. The van der Waals surface area contributed by atoms with E-state index < -0.39 is 10.0 Å². The average molecular weight is 250 g/mol. The smallest absolute Gasteiger partial charge is 0.240 e. The Hall–Kier alpha value is -0.620. The minimum absolute atomic E-state index is 0.0987. The lowest BCUT2D eigenvalue weighted by Crippen LogP contribution is -2.20. The van der Waals surface area contributed by atoms with Crippen LogP contribution in [0.25, 0.3) is 0 Å². The number of nitrogens with one attached hydrogen (secondary N) is 1. The summed E-state index contributed by atoms with van der Waals surface area (Å²) in [6, 6.07) is 2.91. The molecule has 0 aliphatic heterocycles. The molecule has 1 aromatic rings. The van der Waals surface area contributed by atoms with Crippen molar-refractivity contribution in [1.82, 2.24) is 4.72 Å². The van der Waals surface area contributed by atoms with Crippen LogP contribution in [0.4, 0.5) is 0 Å². The molecule has 0 aromatic heterocycles. The molecule has 1 aromatic carbocycles. The summed E-state index contributed by atoms with van der Waals surface area (Å²) in [6.07, 6.45) is 0. The minimum atomic E-state index is -3.53. The molecule has 0 heterocycles. The van der Waals surface area contributed by atoms with E-state index in [0.717, 1.165) is 0 Å². The number of benzene rings is 1. The molecule has 0 spiro atoms. The molecule has 0 fully saturated rings. The van der Waals surface area contributed by atoms with E-state index in [0.29, 0.717) is 16.1 Å². The summed E-state index contributed by atoms with van der Waals surface area (Å²) < 4.78 is 25.4. The fourth-order valence-corrected chi connectivity index (χ4v) is 2.60. The van der Waals surface area contributed by atoms with Gasteiger partial charge in [-0.3, -0.25) is 0 Å². The van der Waals surface area contributed by atoms with E-state index in [9.17, 15) is 8.42 Å². The predicted molar refractivity (Wildman–Crippen MR) is 58.4 cm³/mol. The fraction of sp³-hybridized carbons (Fsp3) is 0.333.